The Kier molecular flexibility index (Phi) is 9.51. The molecule has 5 heteroatoms. The number of ether oxygens (including phenoxy) is 3. The summed E-state index contributed by atoms with van der Waals surface area (Å²) < 4.78 is 16.8. The highest BCUT2D eigenvalue weighted by molar-refractivity contribution is 7.99. The Bertz CT molecular complexity index is 711. The van der Waals surface area contributed by atoms with Gasteiger partial charge in [-0.05, 0) is 49.3 Å². The van der Waals surface area contributed by atoms with E-state index >= 15 is 0 Å². The maximum absolute atomic E-state index is 5.66. The molecule has 2 aromatic carbocycles. The second kappa shape index (κ2) is 11.9. The van der Waals surface area contributed by atoms with E-state index in [9.17, 15) is 0 Å². The third-order valence-electron chi connectivity index (χ3n) is 4.64. The van der Waals surface area contributed by atoms with Crippen molar-refractivity contribution in [2.75, 3.05) is 27.1 Å². The van der Waals surface area contributed by atoms with Gasteiger partial charge in [-0.3, -0.25) is 0 Å². The first-order valence-electron chi connectivity index (χ1n) is 9.85. The van der Waals surface area contributed by atoms with E-state index < -0.39 is 0 Å². The molecule has 0 fully saturated rings. The summed E-state index contributed by atoms with van der Waals surface area (Å²) in [5, 5.41) is 3.59. The van der Waals surface area contributed by atoms with Crippen LogP contribution in [0.3, 0.4) is 0 Å². The zero-order valence-electron chi connectivity index (χ0n) is 17.7. The molecule has 0 amide bonds. The lowest BCUT2D eigenvalue weighted by Gasteiger charge is -2.18. The third-order valence-corrected chi connectivity index (χ3v) is 5.82. The van der Waals surface area contributed by atoms with Crippen molar-refractivity contribution in [3.63, 3.8) is 0 Å². The lowest BCUT2D eigenvalue weighted by molar-refractivity contribution is 0.375. The van der Waals surface area contributed by atoms with Gasteiger partial charge in [0, 0.05) is 18.2 Å². The first-order valence-corrected chi connectivity index (χ1v) is 10.8. The number of methoxy groups -OCH3 is 3. The van der Waals surface area contributed by atoms with E-state index in [0.717, 1.165) is 46.4 Å². The van der Waals surface area contributed by atoms with Gasteiger partial charge in [0.1, 0.15) is 17.2 Å². The van der Waals surface area contributed by atoms with Crippen LogP contribution in [-0.4, -0.2) is 33.1 Å². The predicted octanol–water partition coefficient (Wildman–Crippen LogP) is 5.33. The Balaban J connectivity index is 2.05. The molecule has 0 bridgehead atoms. The van der Waals surface area contributed by atoms with E-state index in [1.54, 1.807) is 21.3 Å². The molecule has 0 saturated carbocycles. The second-order valence-electron chi connectivity index (χ2n) is 6.83. The third kappa shape index (κ3) is 6.35. The smallest absolute Gasteiger partial charge is 0.136 e. The first kappa shape index (κ1) is 22.4. The van der Waals surface area contributed by atoms with Crippen LogP contribution in [0.1, 0.15) is 37.8 Å². The standard InChI is InChI=1S/C23H33NO3S/c1-6-7-12-28-23-21(26-4)14-18(15-22(23)27-5)13-17(2)24-16-19-10-8-9-11-20(19)25-3/h8-11,14-15,17,24H,6-7,12-13,16H2,1-5H3. The number of hydrogen-bond donors (Lipinski definition) is 1. The van der Waals surface area contributed by atoms with Crippen molar-refractivity contribution in [2.24, 2.45) is 0 Å². The zero-order chi connectivity index (χ0) is 20.4. The first-order chi connectivity index (χ1) is 13.6. The van der Waals surface area contributed by atoms with Crippen molar-refractivity contribution in [1.82, 2.24) is 5.32 Å². The van der Waals surface area contributed by atoms with Crippen LogP contribution in [0, 0.1) is 0 Å². The molecular formula is C23H33NO3S. The average Bonchev–Trinajstić information content (AvgIpc) is 2.72. The lowest BCUT2D eigenvalue weighted by atomic mass is 10.1. The minimum absolute atomic E-state index is 0.304. The summed E-state index contributed by atoms with van der Waals surface area (Å²) in [7, 11) is 5.17. The Morgan fingerprint density at radius 1 is 0.964 bits per heavy atom. The molecular weight excluding hydrogens is 370 g/mol. The summed E-state index contributed by atoms with van der Waals surface area (Å²) in [6.45, 7) is 5.17. The average molecular weight is 404 g/mol. The SMILES string of the molecule is CCCCSc1c(OC)cc(CC(C)NCc2ccccc2OC)cc1OC. The maximum atomic E-state index is 5.66. The fourth-order valence-corrected chi connectivity index (χ4v) is 4.28. The molecule has 28 heavy (non-hydrogen) atoms. The Morgan fingerprint density at radius 2 is 1.61 bits per heavy atom. The van der Waals surface area contributed by atoms with Crippen LogP contribution in [0.25, 0.3) is 0 Å². The molecule has 0 saturated heterocycles. The summed E-state index contributed by atoms with van der Waals surface area (Å²) in [5.74, 6) is 3.78. The summed E-state index contributed by atoms with van der Waals surface area (Å²) in [5.41, 5.74) is 2.36. The molecule has 0 aromatic heterocycles. The molecule has 2 rings (SSSR count). The fraction of sp³-hybridized carbons (Fsp3) is 0.478. The minimum Gasteiger partial charge on any atom is -0.496 e. The van der Waals surface area contributed by atoms with Crippen molar-refractivity contribution in [2.45, 2.75) is 50.6 Å². The molecule has 0 aliphatic heterocycles. The van der Waals surface area contributed by atoms with Gasteiger partial charge in [0.15, 0.2) is 0 Å². The van der Waals surface area contributed by atoms with Gasteiger partial charge in [-0.25, -0.2) is 0 Å². The van der Waals surface area contributed by atoms with Crippen LogP contribution in [0.5, 0.6) is 17.2 Å². The lowest BCUT2D eigenvalue weighted by Crippen LogP contribution is -2.27. The van der Waals surface area contributed by atoms with Crippen LogP contribution in [0.15, 0.2) is 41.3 Å². The Hall–Kier alpha value is -1.85. The van der Waals surface area contributed by atoms with E-state index in [0.29, 0.717) is 6.04 Å². The number of hydrogen-bond acceptors (Lipinski definition) is 5. The van der Waals surface area contributed by atoms with Crippen LogP contribution >= 0.6 is 11.8 Å². The normalized spacial score (nSPS) is 11.9. The molecule has 0 aliphatic carbocycles. The van der Waals surface area contributed by atoms with Gasteiger partial charge in [0.05, 0.1) is 26.2 Å². The van der Waals surface area contributed by atoms with Gasteiger partial charge in [-0.15, -0.1) is 11.8 Å². The van der Waals surface area contributed by atoms with Crippen molar-refractivity contribution in [3.8, 4) is 17.2 Å². The van der Waals surface area contributed by atoms with Crippen molar-refractivity contribution in [1.29, 1.82) is 0 Å². The molecule has 0 radical (unpaired) electrons. The van der Waals surface area contributed by atoms with Gasteiger partial charge in [0.2, 0.25) is 0 Å². The van der Waals surface area contributed by atoms with Crippen LogP contribution < -0.4 is 19.5 Å². The molecule has 1 unspecified atom stereocenters. The number of benzene rings is 2. The van der Waals surface area contributed by atoms with E-state index in [4.69, 9.17) is 14.2 Å². The molecule has 1 N–H and O–H groups in total. The molecule has 0 aliphatic rings. The Morgan fingerprint density at radius 3 is 2.21 bits per heavy atom. The van der Waals surface area contributed by atoms with Gasteiger partial charge >= 0.3 is 0 Å². The number of para-hydroxylation sites is 1. The van der Waals surface area contributed by atoms with Gasteiger partial charge in [-0.1, -0.05) is 31.5 Å². The number of unbranched alkanes of at least 4 members (excludes halogenated alkanes) is 1. The van der Waals surface area contributed by atoms with Crippen LogP contribution in [0.2, 0.25) is 0 Å². The van der Waals surface area contributed by atoms with Gasteiger partial charge < -0.3 is 19.5 Å². The number of rotatable bonds is 12. The van der Waals surface area contributed by atoms with Crippen LogP contribution in [0.4, 0.5) is 0 Å². The maximum Gasteiger partial charge on any atom is 0.136 e. The van der Waals surface area contributed by atoms with Crippen LogP contribution in [-0.2, 0) is 13.0 Å². The topological polar surface area (TPSA) is 39.7 Å². The number of nitrogens with one attached hydrogen (secondary N) is 1. The summed E-state index contributed by atoms with van der Waals surface area (Å²) >= 11 is 1.81. The summed E-state index contributed by atoms with van der Waals surface area (Å²) in [6.07, 6.45) is 3.26. The van der Waals surface area contributed by atoms with Crippen molar-refractivity contribution >= 4 is 11.8 Å². The highest BCUT2D eigenvalue weighted by Crippen LogP contribution is 2.39. The molecule has 0 spiro atoms. The Labute approximate surface area is 174 Å². The van der Waals surface area contributed by atoms with Gasteiger partial charge in [0.25, 0.3) is 0 Å². The zero-order valence-corrected chi connectivity index (χ0v) is 18.5. The minimum atomic E-state index is 0.304. The van der Waals surface area contributed by atoms with E-state index in [-0.39, 0.29) is 0 Å². The fourth-order valence-electron chi connectivity index (χ4n) is 3.07. The van der Waals surface area contributed by atoms with Crippen molar-refractivity contribution in [3.05, 3.63) is 47.5 Å². The number of thioether (sulfide) groups is 1. The molecule has 4 nitrogen and oxygen atoms in total. The van der Waals surface area contributed by atoms with Crippen molar-refractivity contribution < 1.29 is 14.2 Å². The summed E-state index contributed by atoms with van der Waals surface area (Å²) in [4.78, 5) is 1.09. The highest BCUT2D eigenvalue weighted by atomic mass is 32.2. The molecule has 0 heterocycles. The quantitative estimate of drug-likeness (QED) is 0.383. The second-order valence-corrected chi connectivity index (χ2v) is 7.93. The molecule has 1 atom stereocenters. The van der Waals surface area contributed by atoms with Gasteiger partial charge in [-0.2, -0.15) is 0 Å². The van der Waals surface area contributed by atoms with E-state index in [1.165, 1.54) is 18.4 Å². The van der Waals surface area contributed by atoms with E-state index in [2.05, 4.69) is 37.4 Å². The molecule has 154 valence electrons. The largest absolute Gasteiger partial charge is 0.496 e. The predicted molar refractivity (Wildman–Crippen MR) is 118 cm³/mol. The van der Waals surface area contributed by atoms with E-state index in [1.807, 2.05) is 30.0 Å². The monoisotopic (exact) mass is 403 g/mol. The summed E-state index contributed by atoms with van der Waals surface area (Å²) in [6, 6.07) is 12.7. The highest BCUT2D eigenvalue weighted by Gasteiger charge is 2.15. The molecule has 2 aromatic rings.